The van der Waals surface area contributed by atoms with Crippen molar-refractivity contribution in [2.24, 2.45) is 0 Å². The summed E-state index contributed by atoms with van der Waals surface area (Å²) < 4.78 is 3.03. The molecule has 0 aliphatic rings. The van der Waals surface area contributed by atoms with Crippen LogP contribution in [0.3, 0.4) is 0 Å². The van der Waals surface area contributed by atoms with E-state index in [4.69, 9.17) is 5.10 Å². The summed E-state index contributed by atoms with van der Waals surface area (Å²) in [5.41, 5.74) is 7.78. The quantitative estimate of drug-likeness (QED) is 0.378. The maximum Gasteiger partial charge on any atom is 0.108 e. The van der Waals surface area contributed by atoms with Gasteiger partial charge in [0.2, 0.25) is 0 Å². The van der Waals surface area contributed by atoms with Gasteiger partial charge in [0, 0.05) is 11.1 Å². The molecule has 0 spiro atoms. The molecule has 1 aromatic heterocycles. The number of nitrogens with zero attached hydrogens (tertiary/aromatic N) is 2. The maximum atomic E-state index is 4.95. The third kappa shape index (κ3) is 3.11. The number of aryl methyl sites for hydroxylation is 2. The van der Waals surface area contributed by atoms with E-state index in [0.717, 1.165) is 32.7 Å². The zero-order chi connectivity index (χ0) is 18.1. The van der Waals surface area contributed by atoms with Crippen molar-refractivity contribution in [2.75, 3.05) is 0 Å². The molecule has 0 atom stereocenters. The van der Waals surface area contributed by atoms with Crippen molar-refractivity contribution < 1.29 is 0 Å². The minimum atomic E-state index is 0.949. The van der Waals surface area contributed by atoms with Gasteiger partial charge < -0.3 is 0 Å². The predicted octanol–water partition coefficient (Wildman–Crippen LogP) is 6.59. The lowest BCUT2D eigenvalue weighted by atomic mass is 10.1. The van der Waals surface area contributed by atoms with E-state index in [9.17, 15) is 0 Å². The predicted molar refractivity (Wildman–Crippen MR) is 112 cm³/mol. The molecule has 0 unspecified atom stereocenters. The van der Waals surface area contributed by atoms with Crippen LogP contribution in [0.5, 0.6) is 0 Å². The van der Waals surface area contributed by atoms with E-state index in [1.165, 1.54) is 11.1 Å². The van der Waals surface area contributed by atoms with Crippen LogP contribution in [0.2, 0.25) is 0 Å². The molecule has 0 N–H and O–H groups in total. The van der Waals surface area contributed by atoms with Gasteiger partial charge in [-0.25, -0.2) is 4.68 Å². The van der Waals surface area contributed by atoms with Crippen LogP contribution < -0.4 is 0 Å². The zero-order valence-electron chi connectivity index (χ0n) is 14.8. The number of aromatic nitrogens is 2. The van der Waals surface area contributed by atoms with Crippen LogP contribution in [0.4, 0.5) is 0 Å². The zero-order valence-corrected chi connectivity index (χ0v) is 16.4. The maximum absolute atomic E-state index is 4.95. The van der Waals surface area contributed by atoms with Gasteiger partial charge in [-0.3, -0.25) is 0 Å². The Bertz CT molecular complexity index is 1030. The Labute approximate surface area is 162 Å². The fraction of sp³-hybridized carbons (Fsp3) is 0.0870. The van der Waals surface area contributed by atoms with Gasteiger partial charge >= 0.3 is 0 Å². The van der Waals surface area contributed by atoms with Crippen LogP contribution in [-0.2, 0) is 0 Å². The first-order valence-electron chi connectivity index (χ1n) is 8.61. The average Bonchev–Trinajstić information content (AvgIpc) is 3.01. The molecule has 0 fully saturated rings. The Morgan fingerprint density at radius 3 is 1.81 bits per heavy atom. The Morgan fingerprint density at radius 1 is 0.692 bits per heavy atom. The van der Waals surface area contributed by atoms with E-state index in [0.29, 0.717) is 0 Å². The average molecular weight is 403 g/mol. The Morgan fingerprint density at radius 2 is 1.23 bits per heavy atom. The molecule has 3 aromatic carbocycles. The molecule has 0 amide bonds. The van der Waals surface area contributed by atoms with Crippen LogP contribution in [0.25, 0.3) is 28.2 Å². The van der Waals surface area contributed by atoms with Gasteiger partial charge in [-0.1, -0.05) is 77.9 Å². The highest BCUT2D eigenvalue weighted by Crippen LogP contribution is 2.38. The molecular weight excluding hydrogens is 384 g/mol. The van der Waals surface area contributed by atoms with Crippen molar-refractivity contribution in [2.45, 2.75) is 13.8 Å². The third-order valence-electron chi connectivity index (χ3n) is 4.48. The monoisotopic (exact) mass is 402 g/mol. The second kappa shape index (κ2) is 6.93. The fourth-order valence-corrected chi connectivity index (χ4v) is 3.72. The molecule has 0 radical (unpaired) electrons. The largest absolute Gasteiger partial charge is 0.231 e. The molecular formula is C23H19BrN2. The van der Waals surface area contributed by atoms with Gasteiger partial charge in [0.25, 0.3) is 0 Å². The lowest BCUT2D eigenvalue weighted by Gasteiger charge is -2.08. The van der Waals surface area contributed by atoms with Crippen molar-refractivity contribution >= 4 is 15.9 Å². The lowest BCUT2D eigenvalue weighted by molar-refractivity contribution is 0.891. The number of para-hydroxylation sites is 1. The van der Waals surface area contributed by atoms with E-state index >= 15 is 0 Å². The van der Waals surface area contributed by atoms with Gasteiger partial charge in [0.1, 0.15) is 5.69 Å². The normalized spacial score (nSPS) is 10.9. The van der Waals surface area contributed by atoms with Gasteiger partial charge in [-0.15, -0.1) is 0 Å². The minimum Gasteiger partial charge on any atom is -0.231 e. The van der Waals surface area contributed by atoms with E-state index in [1.807, 2.05) is 22.9 Å². The first-order chi connectivity index (χ1) is 12.6. The van der Waals surface area contributed by atoms with Crippen LogP contribution in [0.15, 0.2) is 83.3 Å². The number of halogens is 1. The van der Waals surface area contributed by atoms with Crippen LogP contribution >= 0.6 is 15.9 Å². The van der Waals surface area contributed by atoms with Crippen molar-refractivity contribution in [3.63, 3.8) is 0 Å². The topological polar surface area (TPSA) is 17.8 Å². The molecule has 0 bridgehead atoms. The molecule has 26 heavy (non-hydrogen) atoms. The number of hydrogen-bond acceptors (Lipinski definition) is 1. The summed E-state index contributed by atoms with van der Waals surface area (Å²) in [5, 5.41) is 4.95. The van der Waals surface area contributed by atoms with Crippen LogP contribution in [0.1, 0.15) is 11.1 Å². The molecule has 0 saturated carbocycles. The van der Waals surface area contributed by atoms with Crippen molar-refractivity contribution in [3.8, 4) is 28.2 Å². The SMILES string of the molecule is Cc1ccc(-c2nn(-c3ccccc3)c(-c3ccc(C)cc3)c2Br)cc1. The van der Waals surface area contributed by atoms with Crippen molar-refractivity contribution in [1.82, 2.24) is 9.78 Å². The molecule has 0 saturated heterocycles. The number of rotatable bonds is 3. The second-order valence-electron chi connectivity index (χ2n) is 6.49. The summed E-state index contributed by atoms with van der Waals surface area (Å²) >= 11 is 3.83. The molecule has 0 aliphatic heterocycles. The molecule has 3 heteroatoms. The number of benzene rings is 3. The minimum absolute atomic E-state index is 0.949. The fourth-order valence-electron chi connectivity index (χ4n) is 3.01. The van der Waals surface area contributed by atoms with Gasteiger partial charge in [-0.05, 0) is 41.9 Å². The Kier molecular flexibility index (Phi) is 4.48. The summed E-state index contributed by atoms with van der Waals surface area (Å²) in [6, 6.07) is 27.3. The van der Waals surface area contributed by atoms with E-state index in [2.05, 4.69) is 90.4 Å². The highest BCUT2D eigenvalue weighted by molar-refractivity contribution is 9.10. The summed E-state index contributed by atoms with van der Waals surface area (Å²) in [6.07, 6.45) is 0. The van der Waals surface area contributed by atoms with Crippen molar-refractivity contribution in [1.29, 1.82) is 0 Å². The molecule has 4 aromatic rings. The molecule has 2 nitrogen and oxygen atoms in total. The van der Waals surface area contributed by atoms with E-state index < -0.39 is 0 Å². The standard InChI is InChI=1S/C23H19BrN2/c1-16-8-12-18(13-9-16)22-21(24)23(19-14-10-17(2)11-15-19)26(25-22)20-6-4-3-5-7-20/h3-15H,1-2H3. The summed E-state index contributed by atoms with van der Waals surface area (Å²) in [5.74, 6) is 0. The molecule has 1 heterocycles. The molecule has 0 aliphatic carbocycles. The van der Waals surface area contributed by atoms with Crippen LogP contribution in [-0.4, -0.2) is 9.78 Å². The lowest BCUT2D eigenvalue weighted by Crippen LogP contribution is -1.99. The Hall–Kier alpha value is -2.65. The van der Waals surface area contributed by atoms with Gasteiger partial charge in [0.05, 0.1) is 15.9 Å². The van der Waals surface area contributed by atoms with Crippen LogP contribution in [0, 0.1) is 13.8 Å². The van der Waals surface area contributed by atoms with E-state index in [1.54, 1.807) is 0 Å². The highest BCUT2D eigenvalue weighted by atomic mass is 79.9. The van der Waals surface area contributed by atoms with Crippen molar-refractivity contribution in [3.05, 3.63) is 94.5 Å². The second-order valence-corrected chi connectivity index (χ2v) is 7.28. The molecule has 128 valence electrons. The summed E-state index contributed by atoms with van der Waals surface area (Å²) in [7, 11) is 0. The van der Waals surface area contributed by atoms with Gasteiger partial charge in [-0.2, -0.15) is 5.10 Å². The summed E-state index contributed by atoms with van der Waals surface area (Å²) in [6.45, 7) is 4.20. The smallest absolute Gasteiger partial charge is 0.108 e. The first kappa shape index (κ1) is 16.8. The molecule has 4 rings (SSSR count). The van der Waals surface area contributed by atoms with E-state index in [-0.39, 0.29) is 0 Å². The highest BCUT2D eigenvalue weighted by Gasteiger charge is 2.19. The summed E-state index contributed by atoms with van der Waals surface area (Å²) in [4.78, 5) is 0. The third-order valence-corrected chi connectivity index (χ3v) is 5.23. The van der Waals surface area contributed by atoms with Gasteiger partial charge in [0.15, 0.2) is 0 Å². The Balaban J connectivity index is 1.96. The number of hydrogen-bond donors (Lipinski definition) is 0. The first-order valence-corrected chi connectivity index (χ1v) is 9.41.